The van der Waals surface area contributed by atoms with Crippen molar-refractivity contribution < 1.29 is 4.79 Å². The first-order valence-electron chi connectivity index (χ1n) is 7.07. The smallest absolute Gasteiger partial charge is 0.326 e. The average Bonchev–Trinajstić information content (AvgIpc) is 2.82. The number of hydrogen-bond acceptors (Lipinski definition) is 3. The molecule has 1 amide bonds. The van der Waals surface area contributed by atoms with Crippen LogP contribution >= 0.6 is 0 Å². The number of hydrogen-bond donors (Lipinski definition) is 3. The van der Waals surface area contributed by atoms with Crippen LogP contribution in [0.4, 0.5) is 0 Å². The number of para-hydroxylation sites is 2. The number of imidazole rings is 1. The fourth-order valence-corrected chi connectivity index (χ4v) is 2.51. The molecule has 6 heteroatoms. The van der Waals surface area contributed by atoms with Crippen molar-refractivity contribution in [3.63, 3.8) is 0 Å². The summed E-state index contributed by atoms with van der Waals surface area (Å²) in [5, 5.41) is 6.10. The first-order valence-corrected chi connectivity index (χ1v) is 7.07. The monoisotopic (exact) mass is 286 g/mol. The molecule has 21 heavy (non-hydrogen) atoms. The minimum absolute atomic E-state index is 0.0361. The summed E-state index contributed by atoms with van der Waals surface area (Å²) in [6, 6.07) is 7.36. The summed E-state index contributed by atoms with van der Waals surface area (Å²) in [5.41, 5.74) is 2.47. The lowest BCUT2D eigenvalue weighted by atomic mass is 10.1. The van der Waals surface area contributed by atoms with E-state index in [0.29, 0.717) is 6.54 Å². The predicted molar refractivity (Wildman–Crippen MR) is 81.1 cm³/mol. The normalized spacial score (nSPS) is 15.0. The molecule has 0 aliphatic carbocycles. The maximum atomic E-state index is 12.0. The fourth-order valence-electron chi connectivity index (χ4n) is 2.51. The van der Waals surface area contributed by atoms with Crippen LogP contribution in [0.15, 0.2) is 40.7 Å². The summed E-state index contributed by atoms with van der Waals surface area (Å²) in [4.78, 5) is 26.7. The van der Waals surface area contributed by atoms with E-state index in [4.69, 9.17) is 0 Å². The van der Waals surface area contributed by atoms with Crippen molar-refractivity contribution in [3.05, 3.63) is 46.4 Å². The van der Waals surface area contributed by atoms with Crippen molar-refractivity contribution in [1.82, 2.24) is 20.2 Å². The van der Waals surface area contributed by atoms with Crippen LogP contribution in [0.1, 0.15) is 6.42 Å². The molecule has 0 saturated heterocycles. The van der Waals surface area contributed by atoms with Gasteiger partial charge in [-0.1, -0.05) is 23.8 Å². The zero-order valence-electron chi connectivity index (χ0n) is 11.7. The molecule has 1 aromatic heterocycles. The zero-order chi connectivity index (χ0) is 14.7. The molecule has 0 radical (unpaired) electrons. The number of benzene rings is 1. The van der Waals surface area contributed by atoms with Gasteiger partial charge in [-0.2, -0.15) is 0 Å². The number of nitrogens with one attached hydrogen (secondary N) is 3. The fraction of sp³-hybridized carbons (Fsp3) is 0.333. The highest BCUT2D eigenvalue weighted by atomic mass is 16.2. The summed E-state index contributed by atoms with van der Waals surface area (Å²) >= 11 is 0. The summed E-state index contributed by atoms with van der Waals surface area (Å²) in [7, 11) is 0. The SMILES string of the molecule is O=C(Cn1c(=O)[nH]c2ccccc21)NCC1=CCNCC1. The Kier molecular flexibility index (Phi) is 3.87. The largest absolute Gasteiger partial charge is 0.351 e. The van der Waals surface area contributed by atoms with E-state index in [-0.39, 0.29) is 18.1 Å². The van der Waals surface area contributed by atoms with Crippen molar-refractivity contribution >= 4 is 16.9 Å². The van der Waals surface area contributed by atoms with Crippen LogP contribution in [0.25, 0.3) is 11.0 Å². The lowest BCUT2D eigenvalue weighted by molar-refractivity contribution is -0.121. The number of carbonyl (C=O) groups is 1. The van der Waals surface area contributed by atoms with Crippen LogP contribution in [-0.4, -0.2) is 35.1 Å². The number of fused-ring (bicyclic) bond motifs is 1. The van der Waals surface area contributed by atoms with Gasteiger partial charge in [0.15, 0.2) is 0 Å². The Hall–Kier alpha value is -2.34. The molecule has 0 spiro atoms. The number of rotatable bonds is 4. The summed E-state index contributed by atoms with van der Waals surface area (Å²) in [6.07, 6.45) is 3.05. The van der Waals surface area contributed by atoms with Gasteiger partial charge in [-0.15, -0.1) is 0 Å². The quantitative estimate of drug-likeness (QED) is 0.710. The summed E-state index contributed by atoms with van der Waals surface area (Å²) < 4.78 is 1.46. The number of carbonyl (C=O) groups excluding carboxylic acids is 1. The van der Waals surface area contributed by atoms with Gasteiger partial charge >= 0.3 is 5.69 Å². The predicted octanol–water partition coefficient (Wildman–Crippen LogP) is 0.365. The molecule has 0 atom stereocenters. The highest BCUT2D eigenvalue weighted by Gasteiger charge is 2.11. The van der Waals surface area contributed by atoms with Gasteiger partial charge in [-0.25, -0.2) is 4.79 Å². The van der Waals surface area contributed by atoms with Gasteiger partial charge in [0.2, 0.25) is 5.91 Å². The average molecular weight is 286 g/mol. The van der Waals surface area contributed by atoms with Gasteiger partial charge < -0.3 is 15.6 Å². The van der Waals surface area contributed by atoms with Crippen molar-refractivity contribution in [1.29, 1.82) is 0 Å². The molecule has 3 N–H and O–H groups in total. The van der Waals surface area contributed by atoms with Gasteiger partial charge in [-0.3, -0.25) is 9.36 Å². The van der Waals surface area contributed by atoms with Crippen LogP contribution in [0.3, 0.4) is 0 Å². The topological polar surface area (TPSA) is 78.9 Å². The van der Waals surface area contributed by atoms with Gasteiger partial charge in [0.1, 0.15) is 6.54 Å². The van der Waals surface area contributed by atoms with E-state index < -0.39 is 0 Å². The first-order chi connectivity index (χ1) is 10.2. The van der Waals surface area contributed by atoms with E-state index in [2.05, 4.69) is 21.7 Å². The second kappa shape index (κ2) is 5.97. The van der Waals surface area contributed by atoms with Crippen LogP contribution < -0.4 is 16.3 Å². The van der Waals surface area contributed by atoms with E-state index in [1.54, 1.807) is 0 Å². The molecule has 1 aliphatic heterocycles. The highest BCUT2D eigenvalue weighted by Crippen LogP contribution is 2.08. The van der Waals surface area contributed by atoms with Crippen molar-refractivity contribution in [3.8, 4) is 0 Å². The highest BCUT2D eigenvalue weighted by molar-refractivity contribution is 5.80. The third-order valence-electron chi connectivity index (χ3n) is 3.65. The molecule has 0 bridgehead atoms. The molecule has 1 aliphatic rings. The van der Waals surface area contributed by atoms with E-state index >= 15 is 0 Å². The molecular formula is C15H18N4O2. The van der Waals surface area contributed by atoms with Crippen molar-refractivity contribution in [2.24, 2.45) is 0 Å². The Morgan fingerprint density at radius 1 is 1.33 bits per heavy atom. The molecule has 6 nitrogen and oxygen atoms in total. The number of H-pyrrole nitrogens is 1. The molecule has 0 fully saturated rings. The summed E-state index contributed by atoms with van der Waals surface area (Å²) in [5.74, 6) is -0.152. The maximum Gasteiger partial charge on any atom is 0.326 e. The number of nitrogens with zero attached hydrogens (tertiary/aromatic N) is 1. The molecule has 0 saturated carbocycles. The molecule has 0 unspecified atom stereocenters. The van der Waals surface area contributed by atoms with Gasteiger partial charge in [-0.05, 0) is 25.1 Å². The van der Waals surface area contributed by atoms with E-state index in [0.717, 1.165) is 30.5 Å². The lowest BCUT2D eigenvalue weighted by Crippen LogP contribution is -2.34. The Balaban J connectivity index is 1.67. The number of aromatic amines is 1. The van der Waals surface area contributed by atoms with Crippen LogP contribution in [0.2, 0.25) is 0 Å². The Bertz CT molecular complexity index is 741. The van der Waals surface area contributed by atoms with Crippen LogP contribution in [0.5, 0.6) is 0 Å². The molecule has 1 aromatic carbocycles. The lowest BCUT2D eigenvalue weighted by Gasteiger charge is -2.14. The Labute approximate surface area is 121 Å². The van der Waals surface area contributed by atoms with E-state index in [1.165, 1.54) is 10.1 Å². The number of amides is 1. The first kappa shape index (κ1) is 13.6. The zero-order valence-corrected chi connectivity index (χ0v) is 11.7. The molecule has 2 aromatic rings. The van der Waals surface area contributed by atoms with Crippen molar-refractivity contribution in [2.75, 3.05) is 19.6 Å². The minimum atomic E-state index is -0.257. The van der Waals surface area contributed by atoms with Crippen molar-refractivity contribution in [2.45, 2.75) is 13.0 Å². The third-order valence-corrected chi connectivity index (χ3v) is 3.65. The Morgan fingerprint density at radius 2 is 2.19 bits per heavy atom. The Morgan fingerprint density at radius 3 is 3.00 bits per heavy atom. The second-order valence-electron chi connectivity index (χ2n) is 5.13. The molecule has 110 valence electrons. The van der Waals surface area contributed by atoms with Crippen LogP contribution in [0, 0.1) is 0 Å². The number of aromatic nitrogens is 2. The van der Waals surface area contributed by atoms with Crippen LogP contribution in [-0.2, 0) is 11.3 Å². The summed E-state index contributed by atoms with van der Waals surface area (Å²) in [6.45, 7) is 2.39. The van der Waals surface area contributed by atoms with Gasteiger partial charge in [0, 0.05) is 13.1 Å². The van der Waals surface area contributed by atoms with E-state index in [9.17, 15) is 9.59 Å². The maximum absolute atomic E-state index is 12.0. The van der Waals surface area contributed by atoms with Gasteiger partial charge in [0.05, 0.1) is 11.0 Å². The molecular weight excluding hydrogens is 268 g/mol. The van der Waals surface area contributed by atoms with E-state index in [1.807, 2.05) is 24.3 Å². The molecule has 2 heterocycles. The standard InChI is InChI=1S/C15H18N4O2/c20-14(17-9-11-5-7-16-8-6-11)10-19-13-4-2-1-3-12(13)18-15(19)21/h1-5,16H,6-10H2,(H,17,20)(H,18,21). The second-order valence-corrected chi connectivity index (χ2v) is 5.13. The third kappa shape index (κ3) is 3.05. The minimum Gasteiger partial charge on any atom is -0.351 e. The van der Waals surface area contributed by atoms with Gasteiger partial charge in [0.25, 0.3) is 0 Å². The molecule has 3 rings (SSSR count).